The van der Waals surface area contributed by atoms with Gasteiger partial charge in [-0.25, -0.2) is 9.97 Å². The highest BCUT2D eigenvalue weighted by molar-refractivity contribution is 6.29. The summed E-state index contributed by atoms with van der Waals surface area (Å²) in [7, 11) is 0. The molecular weight excluding hydrogens is 224 g/mol. The van der Waals surface area contributed by atoms with Crippen molar-refractivity contribution in [3.63, 3.8) is 0 Å². The minimum atomic E-state index is 0.515. The average molecular weight is 237 g/mol. The van der Waals surface area contributed by atoms with E-state index in [9.17, 15) is 0 Å². The van der Waals surface area contributed by atoms with E-state index >= 15 is 0 Å². The van der Waals surface area contributed by atoms with Crippen molar-refractivity contribution >= 4 is 17.3 Å². The van der Waals surface area contributed by atoms with Crippen LogP contribution in [0.1, 0.15) is 12.6 Å². The zero-order valence-corrected chi connectivity index (χ0v) is 9.78. The van der Waals surface area contributed by atoms with Crippen LogP contribution in [0.15, 0.2) is 30.9 Å². The number of aromatic nitrogens is 3. The molecule has 0 aromatic carbocycles. The molecule has 2 aromatic rings. The first-order valence-electron chi connectivity index (χ1n) is 5.13. The topological polar surface area (TPSA) is 44.8 Å². The molecule has 0 atom stereocenters. The largest absolute Gasteiger partial charge is 0.365 e. The van der Waals surface area contributed by atoms with E-state index < -0.39 is 0 Å². The Morgan fingerprint density at radius 3 is 2.81 bits per heavy atom. The van der Waals surface area contributed by atoms with Gasteiger partial charge in [-0.2, -0.15) is 0 Å². The molecule has 2 heterocycles. The molecule has 2 aromatic heterocycles. The van der Waals surface area contributed by atoms with Crippen LogP contribution in [-0.2, 0) is 6.54 Å². The fourth-order valence-electron chi connectivity index (χ4n) is 1.52. The summed E-state index contributed by atoms with van der Waals surface area (Å²) in [5, 5.41) is 0.515. The van der Waals surface area contributed by atoms with E-state index in [-0.39, 0.29) is 0 Å². The van der Waals surface area contributed by atoms with Crippen molar-refractivity contribution in [2.75, 3.05) is 11.4 Å². The van der Waals surface area contributed by atoms with Crippen molar-refractivity contribution in [1.82, 2.24) is 15.0 Å². The van der Waals surface area contributed by atoms with Crippen molar-refractivity contribution in [2.45, 2.75) is 13.5 Å². The number of anilines is 1. The number of hydrogen-bond donors (Lipinski definition) is 1. The maximum Gasteiger partial charge on any atom is 0.129 e. The highest BCUT2D eigenvalue weighted by Crippen LogP contribution is 2.16. The van der Waals surface area contributed by atoms with Gasteiger partial charge in [-0.05, 0) is 19.1 Å². The van der Waals surface area contributed by atoms with Gasteiger partial charge in [-0.15, -0.1) is 0 Å². The van der Waals surface area contributed by atoms with Gasteiger partial charge >= 0.3 is 0 Å². The second-order valence-corrected chi connectivity index (χ2v) is 3.82. The monoisotopic (exact) mass is 236 g/mol. The van der Waals surface area contributed by atoms with Crippen molar-refractivity contribution in [2.24, 2.45) is 0 Å². The van der Waals surface area contributed by atoms with Crippen LogP contribution in [0.5, 0.6) is 0 Å². The first kappa shape index (κ1) is 11.0. The van der Waals surface area contributed by atoms with E-state index in [0.717, 1.165) is 24.5 Å². The van der Waals surface area contributed by atoms with Crippen LogP contribution >= 0.6 is 11.6 Å². The summed E-state index contributed by atoms with van der Waals surface area (Å²) < 4.78 is 0. The van der Waals surface area contributed by atoms with E-state index in [0.29, 0.717) is 5.15 Å². The number of rotatable bonds is 4. The van der Waals surface area contributed by atoms with Crippen LogP contribution in [0, 0.1) is 0 Å². The highest BCUT2D eigenvalue weighted by atomic mass is 35.5. The Kier molecular flexibility index (Phi) is 3.41. The van der Waals surface area contributed by atoms with Gasteiger partial charge in [-0.1, -0.05) is 11.6 Å². The summed E-state index contributed by atoms with van der Waals surface area (Å²) in [5.41, 5.74) is 2.14. The number of H-pyrrole nitrogens is 1. The number of aromatic amines is 1. The molecule has 0 aliphatic heterocycles. The molecule has 0 aliphatic rings. The Labute approximate surface area is 99.3 Å². The van der Waals surface area contributed by atoms with E-state index in [1.165, 1.54) is 0 Å². The molecular formula is C11H13ClN4. The van der Waals surface area contributed by atoms with E-state index in [4.69, 9.17) is 11.6 Å². The number of imidazole rings is 1. The van der Waals surface area contributed by atoms with Gasteiger partial charge in [0.2, 0.25) is 0 Å². The lowest BCUT2D eigenvalue weighted by Gasteiger charge is -2.21. The van der Waals surface area contributed by atoms with Crippen LogP contribution in [-0.4, -0.2) is 21.5 Å². The van der Waals surface area contributed by atoms with Crippen molar-refractivity contribution in [1.29, 1.82) is 0 Å². The smallest absolute Gasteiger partial charge is 0.129 e. The van der Waals surface area contributed by atoms with Crippen LogP contribution in [0.25, 0.3) is 0 Å². The fraction of sp³-hybridized carbons (Fsp3) is 0.273. The molecule has 4 nitrogen and oxygen atoms in total. The predicted octanol–water partition coefficient (Wildman–Crippen LogP) is 2.48. The third-order valence-corrected chi connectivity index (χ3v) is 2.60. The zero-order valence-electron chi connectivity index (χ0n) is 9.02. The molecule has 84 valence electrons. The van der Waals surface area contributed by atoms with Gasteiger partial charge in [0.15, 0.2) is 0 Å². The lowest BCUT2D eigenvalue weighted by molar-refractivity contribution is 0.812. The molecule has 0 spiro atoms. The molecule has 0 unspecified atom stereocenters. The number of nitrogens with one attached hydrogen (secondary N) is 1. The van der Waals surface area contributed by atoms with Crippen LogP contribution in [0.4, 0.5) is 5.69 Å². The summed E-state index contributed by atoms with van der Waals surface area (Å²) >= 11 is 5.76. The molecule has 1 N–H and O–H groups in total. The molecule has 0 bridgehead atoms. The second-order valence-electron chi connectivity index (χ2n) is 3.43. The Morgan fingerprint density at radius 1 is 1.38 bits per heavy atom. The normalized spacial score (nSPS) is 10.4. The Bertz CT molecular complexity index is 424. The van der Waals surface area contributed by atoms with E-state index in [2.05, 4.69) is 26.8 Å². The van der Waals surface area contributed by atoms with Gasteiger partial charge in [-0.3, -0.25) is 0 Å². The molecule has 0 aliphatic carbocycles. The summed E-state index contributed by atoms with van der Waals surface area (Å²) in [4.78, 5) is 13.3. The van der Waals surface area contributed by atoms with Gasteiger partial charge in [0.1, 0.15) is 5.15 Å². The van der Waals surface area contributed by atoms with Crippen LogP contribution in [0.2, 0.25) is 5.15 Å². The second kappa shape index (κ2) is 4.99. The molecule has 16 heavy (non-hydrogen) atoms. The SMILES string of the molecule is CCN(Cc1cnc[nH]1)c1ccc(Cl)nc1. The first-order chi connectivity index (χ1) is 7.79. The minimum Gasteiger partial charge on any atom is -0.365 e. The maximum absolute atomic E-state index is 5.76. The maximum atomic E-state index is 5.76. The molecule has 0 saturated carbocycles. The quantitative estimate of drug-likeness (QED) is 0.830. The summed E-state index contributed by atoms with van der Waals surface area (Å²) in [5.74, 6) is 0. The van der Waals surface area contributed by atoms with E-state index in [1.807, 2.05) is 12.3 Å². The highest BCUT2D eigenvalue weighted by Gasteiger charge is 2.06. The fourth-order valence-corrected chi connectivity index (χ4v) is 1.63. The number of pyridine rings is 1. The summed E-state index contributed by atoms with van der Waals surface area (Å²) in [6, 6.07) is 3.77. The Morgan fingerprint density at radius 2 is 2.25 bits per heavy atom. The molecule has 2 rings (SSSR count). The molecule has 0 fully saturated rings. The molecule has 0 amide bonds. The van der Waals surface area contributed by atoms with Gasteiger partial charge in [0, 0.05) is 12.7 Å². The van der Waals surface area contributed by atoms with Gasteiger partial charge in [0.05, 0.1) is 30.5 Å². The van der Waals surface area contributed by atoms with E-state index in [1.54, 1.807) is 18.6 Å². The third-order valence-electron chi connectivity index (χ3n) is 2.37. The number of halogens is 1. The zero-order chi connectivity index (χ0) is 11.4. The van der Waals surface area contributed by atoms with Gasteiger partial charge < -0.3 is 9.88 Å². The van der Waals surface area contributed by atoms with Crippen LogP contribution < -0.4 is 4.90 Å². The Hall–Kier alpha value is -1.55. The van der Waals surface area contributed by atoms with Crippen molar-refractivity contribution in [3.8, 4) is 0 Å². The molecule has 0 saturated heterocycles. The molecule has 5 heteroatoms. The first-order valence-corrected chi connectivity index (χ1v) is 5.51. The lowest BCUT2D eigenvalue weighted by atomic mass is 10.3. The Balaban J connectivity index is 2.13. The number of nitrogens with zero attached hydrogens (tertiary/aromatic N) is 3. The molecule has 0 radical (unpaired) electrons. The minimum absolute atomic E-state index is 0.515. The van der Waals surface area contributed by atoms with Gasteiger partial charge in [0.25, 0.3) is 0 Å². The number of hydrogen-bond acceptors (Lipinski definition) is 3. The van der Waals surface area contributed by atoms with Crippen LogP contribution in [0.3, 0.4) is 0 Å². The van der Waals surface area contributed by atoms with Crippen molar-refractivity contribution in [3.05, 3.63) is 41.7 Å². The summed E-state index contributed by atoms with van der Waals surface area (Å²) in [6.07, 6.45) is 5.29. The predicted molar refractivity (Wildman–Crippen MR) is 64.6 cm³/mol. The van der Waals surface area contributed by atoms with Crippen molar-refractivity contribution < 1.29 is 0 Å². The summed E-state index contributed by atoms with van der Waals surface area (Å²) in [6.45, 7) is 3.80. The standard InChI is InChI=1S/C11H13ClN4/c1-2-16(7-9-5-13-8-15-9)10-3-4-11(12)14-6-10/h3-6,8H,2,7H2,1H3,(H,13,15). The lowest BCUT2D eigenvalue weighted by Crippen LogP contribution is -2.22. The average Bonchev–Trinajstić information content (AvgIpc) is 2.80. The third kappa shape index (κ3) is 2.52.